The second-order valence-corrected chi connectivity index (χ2v) is 5.89. The SMILES string of the molecule is CCOC(=O)c1cc2nc(-c3ccccc3F)cc(-c3ccccc3)n2n1. The molecule has 0 aliphatic rings. The maximum atomic E-state index is 14.3. The third-order valence-corrected chi connectivity index (χ3v) is 4.13. The highest BCUT2D eigenvalue weighted by Crippen LogP contribution is 2.28. The zero-order valence-electron chi connectivity index (χ0n) is 14.6. The Morgan fingerprint density at radius 3 is 2.56 bits per heavy atom. The van der Waals surface area contributed by atoms with Crippen LogP contribution in [0.1, 0.15) is 17.4 Å². The number of hydrogen-bond acceptors (Lipinski definition) is 4. The summed E-state index contributed by atoms with van der Waals surface area (Å²) in [5.41, 5.74) is 3.03. The average molecular weight is 361 g/mol. The molecule has 0 unspecified atom stereocenters. The van der Waals surface area contributed by atoms with Crippen molar-refractivity contribution in [3.8, 4) is 22.5 Å². The monoisotopic (exact) mass is 361 g/mol. The quantitative estimate of drug-likeness (QED) is 0.506. The van der Waals surface area contributed by atoms with E-state index < -0.39 is 5.97 Å². The molecule has 0 saturated carbocycles. The van der Waals surface area contributed by atoms with E-state index >= 15 is 0 Å². The molecular formula is C21H16FN3O2. The van der Waals surface area contributed by atoms with Crippen molar-refractivity contribution in [2.24, 2.45) is 0 Å². The molecule has 2 heterocycles. The lowest BCUT2D eigenvalue weighted by atomic mass is 10.1. The molecule has 27 heavy (non-hydrogen) atoms. The van der Waals surface area contributed by atoms with Crippen LogP contribution in [0.5, 0.6) is 0 Å². The topological polar surface area (TPSA) is 56.5 Å². The van der Waals surface area contributed by atoms with E-state index in [0.717, 1.165) is 5.56 Å². The summed E-state index contributed by atoms with van der Waals surface area (Å²) < 4.78 is 20.9. The predicted molar refractivity (Wildman–Crippen MR) is 99.8 cm³/mol. The Bertz CT molecular complexity index is 1120. The maximum Gasteiger partial charge on any atom is 0.358 e. The third kappa shape index (κ3) is 3.17. The van der Waals surface area contributed by atoms with Crippen LogP contribution in [0.25, 0.3) is 28.2 Å². The highest BCUT2D eigenvalue weighted by Gasteiger charge is 2.17. The summed E-state index contributed by atoms with van der Waals surface area (Å²) in [6.07, 6.45) is 0. The number of nitrogens with zero attached hydrogens (tertiary/aromatic N) is 3. The van der Waals surface area contributed by atoms with Crippen molar-refractivity contribution in [2.75, 3.05) is 6.61 Å². The van der Waals surface area contributed by atoms with Gasteiger partial charge in [-0.3, -0.25) is 0 Å². The lowest BCUT2D eigenvalue weighted by Crippen LogP contribution is -2.06. The standard InChI is InChI=1S/C21H16FN3O2/c1-2-27-21(26)18-13-20-23-17(15-10-6-7-11-16(15)22)12-19(25(20)24-18)14-8-4-3-5-9-14/h3-13H,2H2,1H3. The number of aromatic nitrogens is 3. The summed E-state index contributed by atoms with van der Waals surface area (Å²) in [6.45, 7) is 1.99. The van der Waals surface area contributed by atoms with Crippen LogP contribution in [-0.2, 0) is 4.74 Å². The summed E-state index contributed by atoms with van der Waals surface area (Å²) in [7, 11) is 0. The van der Waals surface area contributed by atoms with E-state index in [4.69, 9.17) is 4.74 Å². The van der Waals surface area contributed by atoms with Gasteiger partial charge in [0.2, 0.25) is 0 Å². The first kappa shape index (κ1) is 16.9. The Labute approximate surface area is 155 Å². The lowest BCUT2D eigenvalue weighted by Gasteiger charge is -2.09. The number of fused-ring (bicyclic) bond motifs is 1. The van der Waals surface area contributed by atoms with Gasteiger partial charge in [-0.05, 0) is 25.1 Å². The Hall–Kier alpha value is -3.54. The van der Waals surface area contributed by atoms with Crippen molar-refractivity contribution >= 4 is 11.6 Å². The smallest absolute Gasteiger partial charge is 0.358 e. The van der Waals surface area contributed by atoms with E-state index in [1.807, 2.05) is 30.3 Å². The van der Waals surface area contributed by atoms with E-state index in [2.05, 4.69) is 10.1 Å². The Morgan fingerprint density at radius 2 is 1.81 bits per heavy atom. The van der Waals surface area contributed by atoms with Crippen LogP contribution in [0.4, 0.5) is 4.39 Å². The number of halogens is 1. The van der Waals surface area contributed by atoms with Gasteiger partial charge in [0.1, 0.15) is 5.82 Å². The van der Waals surface area contributed by atoms with Gasteiger partial charge in [0.05, 0.1) is 18.0 Å². The van der Waals surface area contributed by atoms with Crippen LogP contribution in [0, 0.1) is 5.82 Å². The number of carbonyl (C=O) groups is 1. The van der Waals surface area contributed by atoms with Gasteiger partial charge in [-0.1, -0.05) is 42.5 Å². The van der Waals surface area contributed by atoms with E-state index in [-0.39, 0.29) is 18.1 Å². The van der Waals surface area contributed by atoms with Crippen LogP contribution in [0.3, 0.4) is 0 Å². The molecule has 0 aliphatic carbocycles. The van der Waals surface area contributed by atoms with Gasteiger partial charge < -0.3 is 4.74 Å². The summed E-state index contributed by atoms with van der Waals surface area (Å²) in [4.78, 5) is 16.6. The molecule has 0 atom stereocenters. The first-order valence-electron chi connectivity index (χ1n) is 8.55. The minimum Gasteiger partial charge on any atom is -0.461 e. The normalized spacial score (nSPS) is 10.9. The number of hydrogen-bond donors (Lipinski definition) is 0. The maximum absolute atomic E-state index is 14.3. The minimum atomic E-state index is -0.519. The molecule has 6 heteroatoms. The van der Waals surface area contributed by atoms with Gasteiger partial charge in [-0.25, -0.2) is 18.7 Å². The zero-order valence-corrected chi connectivity index (χ0v) is 14.6. The molecule has 4 aromatic rings. The van der Waals surface area contributed by atoms with Crippen molar-refractivity contribution in [3.63, 3.8) is 0 Å². The highest BCUT2D eigenvalue weighted by atomic mass is 19.1. The van der Waals surface area contributed by atoms with Gasteiger partial charge in [-0.15, -0.1) is 0 Å². The van der Waals surface area contributed by atoms with Crippen molar-refractivity contribution in [1.29, 1.82) is 0 Å². The molecule has 2 aromatic carbocycles. The molecule has 134 valence electrons. The van der Waals surface area contributed by atoms with Crippen LogP contribution in [0.15, 0.2) is 66.7 Å². The van der Waals surface area contributed by atoms with Gasteiger partial charge in [0, 0.05) is 17.2 Å². The molecule has 0 aliphatic heterocycles. The fourth-order valence-electron chi connectivity index (χ4n) is 2.90. The molecule has 0 saturated heterocycles. The number of ether oxygens (including phenoxy) is 1. The van der Waals surface area contributed by atoms with Crippen molar-refractivity contribution in [3.05, 3.63) is 78.2 Å². The molecule has 0 N–H and O–H groups in total. The van der Waals surface area contributed by atoms with Crippen molar-refractivity contribution in [2.45, 2.75) is 6.92 Å². The lowest BCUT2D eigenvalue weighted by molar-refractivity contribution is 0.0519. The summed E-state index contributed by atoms with van der Waals surface area (Å²) in [5, 5.41) is 4.35. The van der Waals surface area contributed by atoms with Crippen LogP contribution in [0.2, 0.25) is 0 Å². The molecule has 2 aromatic heterocycles. The van der Waals surface area contributed by atoms with Crippen molar-refractivity contribution in [1.82, 2.24) is 14.6 Å². The van der Waals surface area contributed by atoms with Gasteiger partial charge in [-0.2, -0.15) is 5.10 Å². The molecule has 0 fully saturated rings. The number of carbonyl (C=O) groups excluding carboxylic acids is 1. The van der Waals surface area contributed by atoms with Gasteiger partial charge in [0.25, 0.3) is 0 Å². The Balaban J connectivity index is 1.97. The summed E-state index contributed by atoms with van der Waals surface area (Å²) >= 11 is 0. The average Bonchev–Trinajstić information content (AvgIpc) is 3.13. The predicted octanol–water partition coefficient (Wildman–Crippen LogP) is 4.38. The molecule has 0 spiro atoms. The second kappa shape index (κ2) is 6.99. The Kier molecular flexibility index (Phi) is 4.38. The third-order valence-electron chi connectivity index (χ3n) is 4.13. The molecule has 0 bridgehead atoms. The summed E-state index contributed by atoms with van der Waals surface area (Å²) in [6, 6.07) is 19.3. The van der Waals surface area contributed by atoms with E-state index in [1.54, 1.807) is 41.8 Å². The first-order chi connectivity index (χ1) is 13.2. The van der Waals surface area contributed by atoms with Crippen LogP contribution >= 0.6 is 0 Å². The van der Waals surface area contributed by atoms with Crippen molar-refractivity contribution < 1.29 is 13.9 Å². The van der Waals surface area contributed by atoms with E-state index in [0.29, 0.717) is 22.6 Å². The highest BCUT2D eigenvalue weighted by molar-refractivity contribution is 5.89. The first-order valence-corrected chi connectivity index (χ1v) is 8.55. The van der Waals surface area contributed by atoms with Gasteiger partial charge >= 0.3 is 5.97 Å². The number of esters is 1. The van der Waals surface area contributed by atoms with Gasteiger partial charge in [0.15, 0.2) is 11.3 Å². The van der Waals surface area contributed by atoms with Crippen LogP contribution in [-0.4, -0.2) is 27.2 Å². The largest absolute Gasteiger partial charge is 0.461 e. The second-order valence-electron chi connectivity index (χ2n) is 5.89. The number of rotatable bonds is 4. The molecule has 5 nitrogen and oxygen atoms in total. The minimum absolute atomic E-state index is 0.159. The fourth-order valence-corrected chi connectivity index (χ4v) is 2.90. The molecule has 4 rings (SSSR count). The summed E-state index contributed by atoms with van der Waals surface area (Å²) in [5.74, 6) is -0.882. The molecule has 0 amide bonds. The zero-order chi connectivity index (χ0) is 18.8. The van der Waals surface area contributed by atoms with Crippen LogP contribution < -0.4 is 0 Å². The Morgan fingerprint density at radius 1 is 1.07 bits per heavy atom. The van der Waals surface area contributed by atoms with E-state index in [9.17, 15) is 9.18 Å². The molecule has 0 radical (unpaired) electrons. The fraction of sp³-hybridized carbons (Fsp3) is 0.0952. The number of benzene rings is 2. The molecular weight excluding hydrogens is 345 g/mol. The van der Waals surface area contributed by atoms with E-state index in [1.165, 1.54) is 6.07 Å².